The Morgan fingerprint density at radius 3 is 3.10 bits per heavy atom. The molecule has 20 heavy (non-hydrogen) atoms. The first kappa shape index (κ1) is 13.6. The molecule has 0 amide bonds. The Labute approximate surface area is 125 Å². The number of nitrogens with one attached hydrogen (secondary N) is 1. The van der Waals surface area contributed by atoms with Gasteiger partial charge in [0.05, 0.1) is 25.8 Å². The summed E-state index contributed by atoms with van der Waals surface area (Å²) in [7, 11) is 1.40. The highest BCUT2D eigenvalue weighted by atomic mass is 79.9. The van der Waals surface area contributed by atoms with Crippen LogP contribution in [0.4, 0.5) is 0 Å². The fourth-order valence-electron chi connectivity index (χ4n) is 2.87. The molecule has 4 nitrogen and oxygen atoms in total. The Morgan fingerprint density at radius 2 is 2.35 bits per heavy atom. The van der Waals surface area contributed by atoms with Gasteiger partial charge < -0.3 is 14.5 Å². The Hall–Kier alpha value is -1.33. The van der Waals surface area contributed by atoms with Crippen LogP contribution < -0.4 is 0 Å². The van der Waals surface area contributed by atoms with Crippen molar-refractivity contribution in [2.45, 2.75) is 25.4 Å². The minimum atomic E-state index is -0.647. The van der Waals surface area contributed by atoms with Crippen molar-refractivity contribution >= 4 is 32.8 Å². The van der Waals surface area contributed by atoms with Crippen molar-refractivity contribution in [2.75, 3.05) is 13.7 Å². The lowest BCUT2D eigenvalue weighted by Crippen LogP contribution is -2.35. The summed E-state index contributed by atoms with van der Waals surface area (Å²) in [5, 5.41) is 1.19. The number of ether oxygens (including phenoxy) is 2. The second-order valence-corrected chi connectivity index (χ2v) is 6.17. The van der Waals surface area contributed by atoms with Crippen molar-refractivity contribution in [1.82, 2.24) is 4.98 Å². The molecule has 0 radical (unpaired) electrons. The molecule has 0 saturated carbocycles. The quantitative estimate of drug-likeness (QED) is 0.855. The van der Waals surface area contributed by atoms with Gasteiger partial charge in [0.15, 0.2) is 0 Å². The molecule has 1 N–H and O–H groups in total. The molecule has 1 unspecified atom stereocenters. The second-order valence-electron chi connectivity index (χ2n) is 5.25. The van der Waals surface area contributed by atoms with Crippen LogP contribution >= 0.6 is 15.9 Å². The van der Waals surface area contributed by atoms with Gasteiger partial charge in [-0.3, -0.25) is 4.79 Å². The summed E-state index contributed by atoms with van der Waals surface area (Å²) < 4.78 is 11.7. The maximum atomic E-state index is 11.6. The van der Waals surface area contributed by atoms with Crippen molar-refractivity contribution < 1.29 is 14.3 Å². The van der Waals surface area contributed by atoms with Crippen molar-refractivity contribution in [3.63, 3.8) is 0 Å². The molecule has 3 rings (SSSR count). The minimum Gasteiger partial charge on any atom is -0.469 e. The molecule has 1 aromatic carbocycles. The topological polar surface area (TPSA) is 51.3 Å². The number of carbonyl (C=O) groups excluding carboxylic acids is 1. The summed E-state index contributed by atoms with van der Waals surface area (Å²) in [5.74, 6) is -0.264. The summed E-state index contributed by atoms with van der Waals surface area (Å²) in [5.41, 5.74) is 2.65. The van der Waals surface area contributed by atoms with E-state index >= 15 is 0 Å². The maximum Gasteiger partial charge on any atom is 0.308 e. The predicted octanol–water partition coefficient (Wildman–Crippen LogP) is 3.28. The molecule has 2 heterocycles. The number of carbonyl (C=O) groups is 1. The number of aromatic amines is 1. The highest BCUT2D eigenvalue weighted by Crippen LogP contribution is 2.39. The zero-order chi connectivity index (χ0) is 14.3. The Balaban J connectivity index is 2.13. The summed E-state index contributed by atoms with van der Waals surface area (Å²) in [6, 6.07) is 6.15. The number of aromatic nitrogens is 1. The molecule has 0 bridgehead atoms. The van der Waals surface area contributed by atoms with Crippen LogP contribution in [0.1, 0.15) is 24.6 Å². The van der Waals surface area contributed by atoms with Crippen LogP contribution in [0, 0.1) is 0 Å². The van der Waals surface area contributed by atoms with Crippen molar-refractivity contribution in [2.24, 2.45) is 0 Å². The minimum absolute atomic E-state index is 0.213. The van der Waals surface area contributed by atoms with Crippen LogP contribution in [0.5, 0.6) is 0 Å². The van der Waals surface area contributed by atoms with Crippen molar-refractivity contribution in [3.05, 3.63) is 33.9 Å². The van der Waals surface area contributed by atoms with Crippen molar-refractivity contribution in [3.8, 4) is 0 Å². The Kier molecular flexibility index (Phi) is 3.34. The van der Waals surface area contributed by atoms with E-state index in [1.54, 1.807) is 0 Å². The Bertz CT molecular complexity index is 679. The molecule has 1 atom stereocenters. The average molecular weight is 338 g/mol. The zero-order valence-electron chi connectivity index (χ0n) is 11.5. The largest absolute Gasteiger partial charge is 0.469 e. The van der Waals surface area contributed by atoms with Crippen LogP contribution in [0.3, 0.4) is 0 Å². The molecule has 0 aliphatic carbocycles. The van der Waals surface area contributed by atoms with Crippen LogP contribution in [-0.2, 0) is 26.3 Å². The molecular weight excluding hydrogens is 322 g/mol. The number of esters is 1. The van der Waals surface area contributed by atoms with Crippen LogP contribution in [0.15, 0.2) is 22.7 Å². The fourth-order valence-corrected chi connectivity index (χ4v) is 3.23. The number of benzene rings is 1. The lowest BCUT2D eigenvalue weighted by molar-refractivity contribution is -0.150. The van der Waals surface area contributed by atoms with E-state index in [1.165, 1.54) is 18.1 Å². The van der Waals surface area contributed by atoms with Gasteiger partial charge in [0, 0.05) is 15.4 Å². The normalized spacial score (nSPS) is 21.8. The molecule has 1 aliphatic heterocycles. The van der Waals surface area contributed by atoms with Gasteiger partial charge in [-0.1, -0.05) is 15.9 Å². The number of methoxy groups -OCH3 is 1. The number of halogens is 1. The predicted molar refractivity (Wildman–Crippen MR) is 79.6 cm³/mol. The van der Waals surface area contributed by atoms with Gasteiger partial charge in [0.1, 0.15) is 5.60 Å². The lowest BCUT2D eigenvalue weighted by atomic mass is 9.90. The highest BCUT2D eigenvalue weighted by Gasteiger charge is 2.38. The third kappa shape index (κ3) is 2.15. The maximum absolute atomic E-state index is 11.6. The van der Waals surface area contributed by atoms with Crippen LogP contribution in [0.2, 0.25) is 0 Å². The summed E-state index contributed by atoms with van der Waals surface area (Å²) >= 11 is 3.51. The molecule has 1 aromatic heterocycles. The van der Waals surface area contributed by atoms with E-state index in [9.17, 15) is 4.79 Å². The van der Waals surface area contributed by atoms with E-state index in [1.807, 2.05) is 19.1 Å². The molecule has 0 saturated heterocycles. The molecule has 0 fully saturated rings. The summed E-state index contributed by atoms with van der Waals surface area (Å²) in [6.07, 6.45) is 1.06. The van der Waals surface area contributed by atoms with Gasteiger partial charge in [0.2, 0.25) is 0 Å². The number of hydrogen-bond donors (Lipinski definition) is 1. The van der Waals surface area contributed by atoms with Crippen LogP contribution in [0.25, 0.3) is 10.9 Å². The second kappa shape index (κ2) is 4.90. The molecule has 1 aliphatic rings. The third-order valence-electron chi connectivity index (χ3n) is 3.88. The zero-order valence-corrected chi connectivity index (χ0v) is 13.0. The van der Waals surface area contributed by atoms with Gasteiger partial charge >= 0.3 is 5.97 Å². The van der Waals surface area contributed by atoms with Gasteiger partial charge in [-0.2, -0.15) is 0 Å². The number of fused-ring (bicyclic) bond motifs is 3. The SMILES string of the molecule is COC(=O)CC1(C)OCCc2c1[nH]c1ccc(Br)cc21. The van der Waals surface area contributed by atoms with Gasteiger partial charge in [-0.15, -0.1) is 0 Å². The van der Waals surface area contributed by atoms with E-state index in [0.29, 0.717) is 6.61 Å². The first-order valence-corrected chi connectivity index (χ1v) is 7.34. The summed E-state index contributed by atoms with van der Waals surface area (Å²) in [6.45, 7) is 2.55. The molecule has 2 aromatic rings. The highest BCUT2D eigenvalue weighted by molar-refractivity contribution is 9.10. The number of rotatable bonds is 2. The van der Waals surface area contributed by atoms with Gasteiger partial charge in [-0.25, -0.2) is 0 Å². The van der Waals surface area contributed by atoms with E-state index in [0.717, 1.165) is 22.1 Å². The Morgan fingerprint density at radius 1 is 1.55 bits per heavy atom. The number of hydrogen-bond acceptors (Lipinski definition) is 3. The monoisotopic (exact) mass is 337 g/mol. The van der Waals surface area contributed by atoms with E-state index in [2.05, 4.69) is 27.0 Å². The summed E-state index contributed by atoms with van der Waals surface area (Å²) in [4.78, 5) is 15.1. The van der Waals surface area contributed by atoms with E-state index in [-0.39, 0.29) is 12.4 Å². The molecular formula is C15H16BrNO3. The van der Waals surface area contributed by atoms with E-state index in [4.69, 9.17) is 9.47 Å². The van der Waals surface area contributed by atoms with Crippen molar-refractivity contribution in [1.29, 1.82) is 0 Å². The molecule has 106 valence electrons. The first-order valence-electron chi connectivity index (χ1n) is 6.55. The lowest BCUT2D eigenvalue weighted by Gasteiger charge is -2.33. The standard InChI is InChI=1S/C15H16BrNO3/c1-15(8-13(18)19-2)14-10(5-6-20-15)11-7-9(16)3-4-12(11)17-14/h3-4,7,17H,5-6,8H2,1-2H3. The number of H-pyrrole nitrogens is 1. The average Bonchev–Trinajstić information content (AvgIpc) is 2.78. The fraction of sp³-hybridized carbons (Fsp3) is 0.400. The molecule has 5 heteroatoms. The van der Waals surface area contributed by atoms with Gasteiger partial charge in [0.25, 0.3) is 0 Å². The van der Waals surface area contributed by atoms with E-state index < -0.39 is 5.60 Å². The van der Waals surface area contributed by atoms with Crippen LogP contribution in [-0.4, -0.2) is 24.7 Å². The first-order chi connectivity index (χ1) is 9.53. The smallest absolute Gasteiger partial charge is 0.308 e. The molecule has 0 spiro atoms. The third-order valence-corrected chi connectivity index (χ3v) is 4.37. The van der Waals surface area contributed by atoms with Gasteiger partial charge in [-0.05, 0) is 37.1 Å².